The lowest BCUT2D eigenvalue weighted by Crippen LogP contribution is -2.54. The third-order valence-corrected chi connectivity index (χ3v) is 4.62. The van der Waals surface area contributed by atoms with E-state index in [9.17, 15) is 29.1 Å². The molecule has 0 aliphatic heterocycles. The Morgan fingerprint density at radius 1 is 0.750 bits per heavy atom. The Morgan fingerprint density at radius 3 is 1.81 bits per heavy atom. The summed E-state index contributed by atoms with van der Waals surface area (Å²) < 4.78 is 0. The molecule has 0 spiro atoms. The first-order valence-corrected chi connectivity index (χ1v) is 11.1. The first kappa shape index (κ1) is 31.8. The van der Waals surface area contributed by atoms with E-state index in [0.29, 0.717) is 6.42 Å². The summed E-state index contributed by atoms with van der Waals surface area (Å²) in [5.41, 5.74) is 31.7. The van der Waals surface area contributed by atoms with Gasteiger partial charge in [0.25, 0.3) is 0 Å². The number of hydrogen-bond acceptors (Lipinski definition) is 8. The van der Waals surface area contributed by atoms with Gasteiger partial charge >= 0.3 is 5.97 Å². The molecule has 3 unspecified atom stereocenters. The molecule has 204 valence electrons. The molecule has 3 atom stereocenters. The van der Waals surface area contributed by atoms with Crippen LogP contribution in [-0.2, 0) is 24.0 Å². The van der Waals surface area contributed by atoms with Gasteiger partial charge in [-0.1, -0.05) is 0 Å². The number of carboxylic acids is 1. The zero-order valence-corrected chi connectivity index (χ0v) is 19.9. The van der Waals surface area contributed by atoms with Crippen LogP contribution in [0.4, 0.5) is 0 Å². The summed E-state index contributed by atoms with van der Waals surface area (Å²) in [5, 5.41) is 16.4. The zero-order chi connectivity index (χ0) is 27.7. The van der Waals surface area contributed by atoms with Crippen LogP contribution in [0.25, 0.3) is 0 Å². The third kappa shape index (κ3) is 15.6. The number of carboxylic acid groups (broad SMARTS) is 1. The number of nitrogens with zero attached hydrogens (tertiary/aromatic N) is 2. The maximum absolute atomic E-state index is 12.6. The van der Waals surface area contributed by atoms with Gasteiger partial charge in [0.05, 0.1) is 12.6 Å². The molecule has 16 N–H and O–H groups in total. The molecule has 0 aromatic rings. The van der Waals surface area contributed by atoms with Crippen LogP contribution in [0.5, 0.6) is 0 Å². The normalized spacial score (nSPS) is 12.8. The highest BCUT2D eigenvalue weighted by Gasteiger charge is 2.27. The zero-order valence-electron chi connectivity index (χ0n) is 19.9. The molecular formula is C19H37N11O6. The molecule has 0 aliphatic carbocycles. The average Bonchev–Trinajstić information content (AvgIpc) is 2.78. The molecule has 0 fully saturated rings. The number of aliphatic carboxylic acids is 1. The quantitative estimate of drug-likeness (QED) is 0.0467. The van der Waals surface area contributed by atoms with Crippen LogP contribution in [-0.4, -0.2) is 84.4 Å². The molecule has 0 aromatic carbocycles. The Kier molecular flexibility index (Phi) is 15.3. The maximum atomic E-state index is 12.6. The van der Waals surface area contributed by atoms with Crippen LogP contribution >= 0.6 is 0 Å². The lowest BCUT2D eigenvalue weighted by molar-refractivity contribution is -0.142. The molecule has 0 rings (SSSR count). The summed E-state index contributed by atoms with van der Waals surface area (Å²) in [6.45, 7) is -0.0757. The second-order valence-corrected chi connectivity index (χ2v) is 7.75. The number of aliphatic imine (C=N–C) groups is 2. The van der Waals surface area contributed by atoms with Crippen molar-refractivity contribution in [2.45, 2.75) is 56.7 Å². The van der Waals surface area contributed by atoms with Crippen molar-refractivity contribution in [3.05, 3.63) is 0 Å². The monoisotopic (exact) mass is 515 g/mol. The second kappa shape index (κ2) is 17.3. The number of hydrogen-bond donors (Lipinski definition) is 10. The van der Waals surface area contributed by atoms with E-state index in [2.05, 4.69) is 25.9 Å². The van der Waals surface area contributed by atoms with Crippen LogP contribution in [0.3, 0.4) is 0 Å². The van der Waals surface area contributed by atoms with Gasteiger partial charge in [0.15, 0.2) is 11.9 Å². The standard InChI is InChI=1S/C19H37N11O6/c20-10(3-1-7-26-18(22)23)15(33)28-9-14(32)29-11(5-6-13(21)31)16(34)30-12(17(35)36)4-2-8-27-19(24)25/h10-12H,1-9,20H2,(H2,21,31)(H,28,33)(H,29,32)(H,30,34)(H,35,36)(H4,22,23,26)(H4,24,25,27). The van der Waals surface area contributed by atoms with E-state index in [1.807, 2.05) is 0 Å². The molecule has 4 amide bonds. The average molecular weight is 516 g/mol. The third-order valence-electron chi connectivity index (χ3n) is 4.62. The second-order valence-electron chi connectivity index (χ2n) is 7.75. The van der Waals surface area contributed by atoms with Crippen molar-refractivity contribution >= 4 is 41.5 Å². The number of nitrogens with two attached hydrogens (primary N) is 6. The van der Waals surface area contributed by atoms with Gasteiger partial charge in [0.1, 0.15) is 12.1 Å². The van der Waals surface area contributed by atoms with Gasteiger partial charge < -0.3 is 55.5 Å². The minimum Gasteiger partial charge on any atom is -0.480 e. The molecule has 0 heterocycles. The molecule has 36 heavy (non-hydrogen) atoms. The van der Waals surface area contributed by atoms with Gasteiger partial charge in [-0.25, -0.2) is 4.79 Å². The number of carbonyl (C=O) groups is 5. The summed E-state index contributed by atoms with van der Waals surface area (Å²) in [4.78, 5) is 67.2. The maximum Gasteiger partial charge on any atom is 0.326 e. The number of carbonyl (C=O) groups excluding carboxylic acids is 4. The van der Waals surface area contributed by atoms with Gasteiger partial charge in [-0.2, -0.15) is 0 Å². The van der Waals surface area contributed by atoms with Crippen LogP contribution in [0.15, 0.2) is 9.98 Å². The van der Waals surface area contributed by atoms with E-state index in [1.165, 1.54) is 0 Å². The van der Waals surface area contributed by atoms with Crippen LogP contribution in [0.2, 0.25) is 0 Å². The number of amides is 4. The van der Waals surface area contributed by atoms with Crippen molar-refractivity contribution in [3.8, 4) is 0 Å². The summed E-state index contributed by atoms with van der Waals surface area (Å²) >= 11 is 0. The Labute approximate surface area is 207 Å². The SMILES string of the molecule is NC(=O)CCC(NC(=O)CNC(=O)C(N)CCCN=C(N)N)C(=O)NC(CCCN=C(N)N)C(=O)O. The van der Waals surface area contributed by atoms with Gasteiger partial charge in [-0.05, 0) is 32.1 Å². The van der Waals surface area contributed by atoms with Crippen molar-refractivity contribution in [1.29, 1.82) is 0 Å². The van der Waals surface area contributed by atoms with Gasteiger partial charge in [-0.3, -0.25) is 29.2 Å². The molecular weight excluding hydrogens is 478 g/mol. The Morgan fingerprint density at radius 2 is 1.31 bits per heavy atom. The first-order chi connectivity index (χ1) is 16.8. The highest BCUT2D eigenvalue weighted by atomic mass is 16.4. The summed E-state index contributed by atoms with van der Waals surface area (Å²) in [6.07, 6.45) is 0.509. The minimum atomic E-state index is -1.31. The number of guanidine groups is 2. The van der Waals surface area contributed by atoms with E-state index < -0.39 is 54.3 Å². The fourth-order valence-electron chi connectivity index (χ4n) is 2.78. The van der Waals surface area contributed by atoms with E-state index in [-0.39, 0.29) is 57.1 Å². The highest BCUT2D eigenvalue weighted by molar-refractivity contribution is 5.92. The van der Waals surface area contributed by atoms with Crippen molar-refractivity contribution in [2.75, 3.05) is 19.6 Å². The fourth-order valence-corrected chi connectivity index (χ4v) is 2.78. The molecule has 0 saturated carbocycles. The molecule has 0 bridgehead atoms. The van der Waals surface area contributed by atoms with Crippen molar-refractivity contribution in [3.63, 3.8) is 0 Å². The van der Waals surface area contributed by atoms with E-state index in [4.69, 9.17) is 34.4 Å². The van der Waals surface area contributed by atoms with Crippen molar-refractivity contribution in [1.82, 2.24) is 16.0 Å². The van der Waals surface area contributed by atoms with Gasteiger partial charge in [0.2, 0.25) is 23.6 Å². The van der Waals surface area contributed by atoms with E-state index in [1.54, 1.807) is 0 Å². The molecule has 0 aliphatic rings. The Balaban J connectivity index is 4.91. The molecule has 17 nitrogen and oxygen atoms in total. The lowest BCUT2D eigenvalue weighted by Gasteiger charge is -2.21. The van der Waals surface area contributed by atoms with Crippen molar-refractivity contribution in [2.24, 2.45) is 44.4 Å². The minimum absolute atomic E-state index is 0.00543. The van der Waals surface area contributed by atoms with Gasteiger partial charge in [0, 0.05) is 19.5 Å². The fraction of sp³-hybridized carbons (Fsp3) is 0.632. The summed E-state index contributed by atoms with van der Waals surface area (Å²) in [6, 6.07) is -3.50. The smallest absolute Gasteiger partial charge is 0.326 e. The highest BCUT2D eigenvalue weighted by Crippen LogP contribution is 2.03. The number of rotatable bonds is 18. The molecule has 17 heteroatoms. The van der Waals surface area contributed by atoms with Crippen LogP contribution in [0, 0.1) is 0 Å². The largest absolute Gasteiger partial charge is 0.480 e. The number of nitrogens with one attached hydrogen (secondary N) is 3. The van der Waals surface area contributed by atoms with E-state index >= 15 is 0 Å². The molecule has 0 saturated heterocycles. The summed E-state index contributed by atoms with van der Waals surface area (Å²) in [7, 11) is 0. The molecule has 0 aromatic heterocycles. The predicted octanol–water partition coefficient (Wildman–Crippen LogP) is -5.14. The summed E-state index contributed by atoms with van der Waals surface area (Å²) in [5.74, 6) is -4.50. The van der Waals surface area contributed by atoms with E-state index in [0.717, 1.165) is 0 Å². The van der Waals surface area contributed by atoms with Gasteiger partial charge in [-0.15, -0.1) is 0 Å². The Bertz CT molecular complexity index is 825. The predicted molar refractivity (Wildman–Crippen MR) is 131 cm³/mol. The topological polar surface area (TPSA) is 323 Å². The molecule has 0 radical (unpaired) electrons. The van der Waals surface area contributed by atoms with Crippen molar-refractivity contribution < 1.29 is 29.1 Å². The van der Waals surface area contributed by atoms with Crippen LogP contribution in [0.1, 0.15) is 38.5 Å². The first-order valence-electron chi connectivity index (χ1n) is 11.1. The number of primary amides is 1. The lowest BCUT2D eigenvalue weighted by atomic mass is 10.1. The Hall–Kier alpha value is -4.15. The van der Waals surface area contributed by atoms with Crippen LogP contribution < -0.4 is 50.4 Å².